The molecule has 140 valence electrons. The molecule has 1 amide bonds. The average Bonchev–Trinajstić information content (AvgIpc) is 3.16. The molecule has 1 heterocycles. The molecule has 0 aliphatic carbocycles. The van der Waals surface area contributed by atoms with Gasteiger partial charge < -0.3 is 5.32 Å². The molecular weight excluding hydrogens is 357 g/mol. The van der Waals surface area contributed by atoms with Gasteiger partial charge in [0.25, 0.3) is 0 Å². The first-order valence-electron chi connectivity index (χ1n) is 8.23. The van der Waals surface area contributed by atoms with Crippen LogP contribution in [0.25, 0.3) is 5.69 Å². The number of carbonyl (C=O) groups excluding carboxylic acids is 1. The van der Waals surface area contributed by atoms with E-state index in [9.17, 15) is 18.0 Å². The maximum absolute atomic E-state index is 12.6. The van der Waals surface area contributed by atoms with Crippen molar-refractivity contribution >= 4 is 5.91 Å². The van der Waals surface area contributed by atoms with E-state index in [0.717, 1.165) is 23.4 Å². The van der Waals surface area contributed by atoms with Crippen molar-refractivity contribution in [1.29, 1.82) is 0 Å². The quantitative estimate of drug-likeness (QED) is 0.741. The van der Waals surface area contributed by atoms with Gasteiger partial charge in [-0.25, -0.2) is 9.67 Å². The van der Waals surface area contributed by atoms with E-state index in [1.807, 2.05) is 31.2 Å². The van der Waals surface area contributed by atoms with Gasteiger partial charge >= 0.3 is 6.18 Å². The number of aromatic nitrogens is 3. The zero-order valence-electron chi connectivity index (χ0n) is 14.4. The van der Waals surface area contributed by atoms with Crippen LogP contribution in [0.4, 0.5) is 13.2 Å². The van der Waals surface area contributed by atoms with Gasteiger partial charge in [0.05, 0.1) is 23.7 Å². The minimum Gasteiger partial charge on any atom is -0.349 e. The fourth-order valence-electron chi connectivity index (χ4n) is 2.63. The molecule has 1 aromatic heterocycles. The Balaban J connectivity index is 1.59. The third-order valence-electron chi connectivity index (χ3n) is 4.10. The van der Waals surface area contributed by atoms with Crippen LogP contribution in [0.2, 0.25) is 0 Å². The van der Waals surface area contributed by atoms with Crippen LogP contribution >= 0.6 is 0 Å². The highest BCUT2D eigenvalue weighted by Crippen LogP contribution is 2.29. The maximum Gasteiger partial charge on any atom is 0.416 e. The Kier molecular flexibility index (Phi) is 5.25. The summed E-state index contributed by atoms with van der Waals surface area (Å²) in [4.78, 5) is 16.1. The molecule has 0 fully saturated rings. The topological polar surface area (TPSA) is 59.8 Å². The van der Waals surface area contributed by atoms with Crippen molar-refractivity contribution in [1.82, 2.24) is 20.1 Å². The lowest BCUT2D eigenvalue weighted by Crippen LogP contribution is -2.28. The summed E-state index contributed by atoms with van der Waals surface area (Å²) in [5.41, 5.74) is 1.54. The predicted octanol–water partition coefficient (Wildman–Crippen LogP) is 3.71. The van der Waals surface area contributed by atoms with Crippen molar-refractivity contribution in [3.63, 3.8) is 0 Å². The van der Waals surface area contributed by atoms with Crippen LogP contribution in [0.15, 0.2) is 61.2 Å². The standard InChI is InChI=1S/C19H17F3N4O/c1-13(15-4-8-17(9-5-15)26-12-23-11-24-26)25-18(27)10-14-2-6-16(7-3-14)19(20,21)22/h2-9,11-13H,10H2,1H3,(H,25,27). The average molecular weight is 374 g/mol. The Morgan fingerprint density at radius 2 is 1.78 bits per heavy atom. The van der Waals surface area contributed by atoms with E-state index in [0.29, 0.717) is 5.56 Å². The van der Waals surface area contributed by atoms with E-state index in [2.05, 4.69) is 15.4 Å². The number of halogens is 3. The minimum absolute atomic E-state index is 0.0134. The fraction of sp³-hybridized carbons (Fsp3) is 0.211. The summed E-state index contributed by atoms with van der Waals surface area (Å²) >= 11 is 0. The van der Waals surface area contributed by atoms with Crippen molar-refractivity contribution in [2.24, 2.45) is 0 Å². The summed E-state index contributed by atoms with van der Waals surface area (Å²) in [6.45, 7) is 1.84. The highest BCUT2D eigenvalue weighted by Gasteiger charge is 2.29. The smallest absolute Gasteiger partial charge is 0.349 e. The molecule has 0 bridgehead atoms. The summed E-state index contributed by atoms with van der Waals surface area (Å²) in [6, 6.07) is 11.8. The highest BCUT2D eigenvalue weighted by molar-refractivity contribution is 5.79. The number of rotatable bonds is 5. The van der Waals surface area contributed by atoms with Crippen LogP contribution in [0.3, 0.4) is 0 Å². The lowest BCUT2D eigenvalue weighted by Gasteiger charge is -2.15. The van der Waals surface area contributed by atoms with Crippen molar-refractivity contribution < 1.29 is 18.0 Å². The van der Waals surface area contributed by atoms with E-state index >= 15 is 0 Å². The van der Waals surface area contributed by atoms with Gasteiger partial charge in [-0.2, -0.15) is 18.3 Å². The molecular formula is C19H17F3N4O. The van der Waals surface area contributed by atoms with E-state index in [4.69, 9.17) is 0 Å². The molecule has 0 aliphatic heterocycles. The van der Waals surface area contributed by atoms with Crippen molar-refractivity contribution in [3.8, 4) is 5.69 Å². The van der Waals surface area contributed by atoms with Crippen molar-refractivity contribution in [2.75, 3.05) is 0 Å². The Morgan fingerprint density at radius 3 is 2.33 bits per heavy atom. The first-order chi connectivity index (χ1) is 12.8. The summed E-state index contributed by atoms with van der Waals surface area (Å²) < 4.78 is 39.3. The van der Waals surface area contributed by atoms with Gasteiger partial charge in [0.1, 0.15) is 12.7 Å². The molecule has 3 rings (SSSR count). The third-order valence-corrected chi connectivity index (χ3v) is 4.10. The molecule has 1 unspecified atom stereocenters. The maximum atomic E-state index is 12.6. The Hall–Kier alpha value is -3.16. The van der Waals surface area contributed by atoms with Crippen LogP contribution in [0, 0.1) is 0 Å². The first kappa shape index (κ1) is 18.6. The zero-order valence-corrected chi connectivity index (χ0v) is 14.4. The number of carbonyl (C=O) groups is 1. The summed E-state index contributed by atoms with van der Waals surface area (Å²) in [6.07, 6.45) is -1.34. The molecule has 2 aromatic carbocycles. The van der Waals surface area contributed by atoms with Gasteiger partial charge in [-0.05, 0) is 42.3 Å². The monoisotopic (exact) mass is 374 g/mol. The second kappa shape index (κ2) is 7.61. The molecule has 1 atom stereocenters. The molecule has 0 saturated carbocycles. The number of benzene rings is 2. The van der Waals surface area contributed by atoms with E-state index in [-0.39, 0.29) is 18.4 Å². The van der Waals surface area contributed by atoms with E-state index < -0.39 is 11.7 Å². The number of nitrogens with zero attached hydrogens (tertiary/aromatic N) is 3. The van der Waals surface area contributed by atoms with Crippen molar-refractivity contribution in [2.45, 2.75) is 25.6 Å². The molecule has 0 radical (unpaired) electrons. The van der Waals surface area contributed by atoms with Gasteiger partial charge in [0.2, 0.25) is 5.91 Å². The molecule has 0 spiro atoms. The Morgan fingerprint density at radius 1 is 1.11 bits per heavy atom. The Bertz CT molecular complexity index is 888. The van der Waals surface area contributed by atoms with Crippen LogP contribution in [-0.2, 0) is 17.4 Å². The normalized spacial score (nSPS) is 12.6. The molecule has 3 aromatic rings. The predicted molar refractivity (Wildman–Crippen MR) is 93.1 cm³/mol. The van der Waals surface area contributed by atoms with Crippen molar-refractivity contribution in [3.05, 3.63) is 77.9 Å². The third kappa shape index (κ3) is 4.72. The van der Waals surface area contributed by atoms with Gasteiger partial charge in [0.15, 0.2) is 0 Å². The molecule has 8 heteroatoms. The molecule has 0 aliphatic rings. The molecule has 5 nitrogen and oxygen atoms in total. The SMILES string of the molecule is CC(NC(=O)Cc1ccc(C(F)(F)F)cc1)c1ccc(-n2cncn2)cc1. The molecule has 27 heavy (non-hydrogen) atoms. The van der Waals surface area contributed by atoms with E-state index in [1.165, 1.54) is 18.5 Å². The number of nitrogens with one attached hydrogen (secondary N) is 1. The zero-order chi connectivity index (χ0) is 19.4. The Labute approximate surface area is 153 Å². The summed E-state index contributed by atoms with van der Waals surface area (Å²) in [5, 5.41) is 6.89. The fourth-order valence-corrected chi connectivity index (χ4v) is 2.63. The minimum atomic E-state index is -4.38. The number of alkyl halides is 3. The van der Waals surface area contributed by atoms with Gasteiger partial charge in [-0.1, -0.05) is 24.3 Å². The second-order valence-corrected chi connectivity index (χ2v) is 6.09. The molecule has 0 saturated heterocycles. The van der Waals surface area contributed by atoms with Gasteiger partial charge in [-0.15, -0.1) is 0 Å². The number of hydrogen-bond donors (Lipinski definition) is 1. The van der Waals surface area contributed by atoms with Crippen LogP contribution in [0.5, 0.6) is 0 Å². The van der Waals surface area contributed by atoms with Crippen LogP contribution in [0.1, 0.15) is 29.7 Å². The number of hydrogen-bond acceptors (Lipinski definition) is 3. The summed E-state index contributed by atoms with van der Waals surface area (Å²) in [7, 11) is 0. The van der Waals surface area contributed by atoms with Crippen LogP contribution in [-0.4, -0.2) is 20.7 Å². The summed E-state index contributed by atoms with van der Waals surface area (Å²) in [5.74, 6) is -0.261. The first-order valence-corrected chi connectivity index (χ1v) is 8.23. The van der Waals surface area contributed by atoms with Crippen LogP contribution < -0.4 is 5.32 Å². The lowest BCUT2D eigenvalue weighted by molar-refractivity contribution is -0.137. The highest BCUT2D eigenvalue weighted by atomic mass is 19.4. The number of amides is 1. The lowest BCUT2D eigenvalue weighted by atomic mass is 10.1. The van der Waals surface area contributed by atoms with Gasteiger partial charge in [-0.3, -0.25) is 4.79 Å². The molecule has 1 N–H and O–H groups in total. The second-order valence-electron chi connectivity index (χ2n) is 6.09. The van der Waals surface area contributed by atoms with Gasteiger partial charge in [0, 0.05) is 0 Å². The largest absolute Gasteiger partial charge is 0.416 e. The van der Waals surface area contributed by atoms with E-state index in [1.54, 1.807) is 11.0 Å².